The molecule has 0 fully saturated rings. The summed E-state index contributed by atoms with van der Waals surface area (Å²) in [6.07, 6.45) is 0.916. The lowest BCUT2D eigenvalue weighted by Gasteiger charge is -2.15. The standard InChI is InChI=1S/C12H11F2NO2/c13-8-4-9(14)6-10(5-8)17-12(7-15)11-2-1-3-16-11/h1-6,12H,7,15H2. The third-order valence-corrected chi connectivity index (χ3v) is 2.19. The van der Waals surface area contributed by atoms with Crippen molar-refractivity contribution in [2.45, 2.75) is 6.10 Å². The second-order valence-electron chi connectivity index (χ2n) is 3.46. The van der Waals surface area contributed by atoms with Crippen LogP contribution in [0.5, 0.6) is 5.75 Å². The Morgan fingerprint density at radius 3 is 2.47 bits per heavy atom. The Kier molecular flexibility index (Phi) is 3.39. The molecule has 5 heteroatoms. The van der Waals surface area contributed by atoms with Gasteiger partial charge in [0.15, 0.2) is 6.10 Å². The molecule has 2 aromatic rings. The van der Waals surface area contributed by atoms with Gasteiger partial charge in [-0.1, -0.05) is 0 Å². The molecule has 0 aliphatic rings. The average Bonchev–Trinajstić information content (AvgIpc) is 2.77. The Morgan fingerprint density at radius 1 is 1.24 bits per heavy atom. The van der Waals surface area contributed by atoms with Gasteiger partial charge in [-0.2, -0.15) is 0 Å². The van der Waals surface area contributed by atoms with E-state index in [2.05, 4.69) is 0 Å². The van der Waals surface area contributed by atoms with Gasteiger partial charge in [0.05, 0.1) is 6.26 Å². The van der Waals surface area contributed by atoms with Crippen molar-refractivity contribution in [3.8, 4) is 5.75 Å². The first-order valence-electron chi connectivity index (χ1n) is 5.05. The lowest BCUT2D eigenvalue weighted by atomic mass is 10.2. The highest BCUT2D eigenvalue weighted by Crippen LogP contribution is 2.23. The zero-order chi connectivity index (χ0) is 12.3. The van der Waals surface area contributed by atoms with Crippen molar-refractivity contribution in [1.29, 1.82) is 0 Å². The first-order chi connectivity index (χ1) is 8.19. The molecule has 17 heavy (non-hydrogen) atoms. The van der Waals surface area contributed by atoms with Gasteiger partial charge < -0.3 is 14.9 Å². The van der Waals surface area contributed by atoms with E-state index >= 15 is 0 Å². The lowest BCUT2D eigenvalue weighted by molar-refractivity contribution is 0.182. The van der Waals surface area contributed by atoms with Crippen LogP contribution in [-0.2, 0) is 0 Å². The van der Waals surface area contributed by atoms with Crippen LogP contribution in [0.1, 0.15) is 11.9 Å². The molecule has 1 heterocycles. The molecule has 1 atom stereocenters. The third kappa shape index (κ3) is 2.82. The first-order valence-corrected chi connectivity index (χ1v) is 5.05. The first kappa shape index (κ1) is 11.6. The number of ether oxygens (including phenoxy) is 1. The van der Waals surface area contributed by atoms with Gasteiger partial charge in [-0.3, -0.25) is 0 Å². The van der Waals surface area contributed by atoms with Crippen LogP contribution in [0.15, 0.2) is 41.0 Å². The molecule has 0 bridgehead atoms. The van der Waals surface area contributed by atoms with Crippen molar-refractivity contribution in [2.24, 2.45) is 5.73 Å². The molecule has 0 aliphatic carbocycles. The molecule has 1 aromatic heterocycles. The smallest absolute Gasteiger partial charge is 0.168 e. The Bertz CT molecular complexity index is 465. The summed E-state index contributed by atoms with van der Waals surface area (Å²) in [6.45, 7) is 0.144. The maximum atomic E-state index is 13.0. The summed E-state index contributed by atoms with van der Waals surface area (Å²) in [4.78, 5) is 0. The highest BCUT2D eigenvalue weighted by Gasteiger charge is 2.15. The van der Waals surface area contributed by atoms with Crippen LogP contribution in [0.3, 0.4) is 0 Å². The number of rotatable bonds is 4. The molecule has 2 rings (SSSR count). The van der Waals surface area contributed by atoms with E-state index in [1.807, 2.05) is 0 Å². The van der Waals surface area contributed by atoms with E-state index in [1.165, 1.54) is 6.26 Å². The molecular formula is C12H11F2NO2. The zero-order valence-electron chi connectivity index (χ0n) is 8.90. The lowest BCUT2D eigenvalue weighted by Crippen LogP contribution is -2.18. The maximum absolute atomic E-state index is 13.0. The topological polar surface area (TPSA) is 48.4 Å². The second kappa shape index (κ2) is 4.97. The van der Waals surface area contributed by atoms with Gasteiger partial charge in [0.1, 0.15) is 23.1 Å². The zero-order valence-corrected chi connectivity index (χ0v) is 8.90. The highest BCUT2D eigenvalue weighted by atomic mass is 19.1. The predicted octanol–water partition coefficient (Wildman–Crippen LogP) is 2.64. The van der Waals surface area contributed by atoms with Crippen molar-refractivity contribution in [3.63, 3.8) is 0 Å². The minimum absolute atomic E-state index is 0.0781. The number of hydrogen-bond donors (Lipinski definition) is 1. The molecule has 0 saturated carbocycles. The van der Waals surface area contributed by atoms with Crippen LogP contribution in [0.25, 0.3) is 0 Å². The normalized spacial score (nSPS) is 12.4. The predicted molar refractivity (Wildman–Crippen MR) is 57.5 cm³/mol. The summed E-state index contributed by atoms with van der Waals surface area (Å²) in [5, 5.41) is 0. The molecule has 0 aliphatic heterocycles. The van der Waals surface area contributed by atoms with Crippen molar-refractivity contribution in [3.05, 3.63) is 54.0 Å². The molecule has 0 radical (unpaired) electrons. The summed E-state index contributed by atoms with van der Waals surface area (Å²) in [5.74, 6) is -0.808. The van der Waals surface area contributed by atoms with Crippen molar-refractivity contribution >= 4 is 0 Å². The Morgan fingerprint density at radius 2 is 1.94 bits per heavy atom. The van der Waals surface area contributed by atoms with Crippen molar-refractivity contribution < 1.29 is 17.9 Å². The van der Waals surface area contributed by atoms with Gasteiger partial charge in [0, 0.05) is 24.7 Å². The SMILES string of the molecule is NCC(Oc1cc(F)cc(F)c1)c1ccco1. The summed E-state index contributed by atoms with van der Waals surface area (Å²) in [7, 11) is 0. The van der Waals surface area contributed by atoms with Gasteiger partial charge >= 0.3 is 0 Å². The van der Waals surface area contributed by atoms with E-state index < -0.39 is 17.7 Å². The van der Waals surface area contributed by atoms with E-state index in [1.54, 1.807) is 12.1 Å². The number of furan rings is 1. The largest absolute Gasteiger partial charge is 0.481 e. The van der Waals surface area contributed by atoms with Gasteiger partial charge in [-0.05, 0) is 12.1 Å². The Labute approximate surface area is 96.8 Å². The van der Waals surface area contributed by atoms with Crippen molar-refractivity contribution in [1.82, 2.24) is 0 Å². The Hall–Kier alpha value is -1.88. The fraction of sp³-hybridized carbons (Fsp3) is 0.167. The minimum Gasteiger partial charge on any atom is -0.481 e. The van der Waals surface area contributed by atoms with Crippen LogP contribution in [0, 0.1) is 11.6 Å². The highest BCUT2D eigenvalue weighted by molar-refractivity contribution is 5.24. The fourth-order valence-electron chi connectivity index (χ4n) is 1.46. The number of halogens is 2. The molecule has 1 unspecified atom stereocenters. The van der Waals surface area contributed by atoms with E-state index in [9.17, 15) is 8.78 Å². The average molecular weight is 239 g/mol. The molecule has 1 aromatic carbocycles. The molecule has 90 valence electrons. The Balaban J connectivity index is 2.18. The van der Waals surface area contributed by atoms with Crippen LogP contribution >= 0.6 is 0 Å². The van der Waals surface area contributed by atoms with Crippen LogP contribution < -0.4 is 10.5 Å². The number of nitrogens with two attached hydrogens (primary N) is 1. The van der Waals surface area contributed by atoms with Crippen molar-refractivity contribution in [2.75, 3.05) is 6.54 Å². The molecule has 0 saturated heterocycles. The van der Waals surface area contributed by atoms with Gasteiger partial charge in [-0.15, -0.1) is 0 Å². The third-order valence-electron chi connectivity index (χ3n) is 2.19. The molecule has 0 spiro atoms. The van der Waals surface area contributed by atoms with Gasteiger partial charge in [0.2, 0.25) is 0 Å². The molecule has 3 nitrogen and oxygen atoms in total. The summed E-state index contributed by atoms with van der Waals surface area (Å²) in [6, 6.07) is 6.33. The summed E-state index contributed by atoms with van der Waals surface area (Å²) >= 11 is 0. The minimum atomic E-state index is -0.699. The van der Waals surface area contributed by atoms with Gasteiger partial charge in [0.25, 0.3) is 0 Å². The van der Waals surface area contributed by atoms with Crippen LogP contribution in [0.4, 0.5) is 8.78 Å². The quantitative estimate of drug-likeness (QED) is 0.892. The summed E-state index contributed by atoms with van der Waals surface area (Å²) < 4.78 is 36.4. The van der Waals surface area contributed by atoms with Crippen LogP contribution in [0.2, 0.25) is 0 Å². The van der Waals surface area contributed by atoms with Crippen LogP contribution in [-0.4, -0.2) is 6.54 Å². The van der Waals surface area contributed by atoms with E-state index in [-0.39, 0.29) is 12.3 Å². The number of hydrogen-bond acceptors (Lipinski definition) is 3. The molecular weight excluding hydrogens is 228 g/mol. The molecule has 2 N–H and O–H groups in total. The maximum Gasteiger partial charge on any atom is 0.168 e. The summed E-state index contributed by atoms with van der Waals surface area (Å²) in [5.41, 5.74) is 5.52. The second-order valence-corrected chi connectivity index (χ2v) is 3.46. The van der Waals surface area contributed by atoms with E-state index in [0.29, 0.717) is 5.76 Å². The monoisotopic (exact) mass is 239 g/mol. The number of benzene rings is 1. The molecule has 0 amide bonds. The fourth-order valence-corrected chi connectivity index (χ4v) is 1.46. The van der Waals surface area contributed by atoms with Gasteiger partial charge in [-0.25, -0.2) is 8.78 Å². The van der Waals surface area contributed by atoms with E-state index in [4.69, 9.17) is 14.9 Å². The van der Waals surface area contributed by atoms with E-state index in [0.717, 1.165) is 18.2 Å².